The highest BCUT2D eigenvalue weighted by molar-refractivity contribution is 5.94. The molecule has 0 spiro atoms. The summed E-state index contributed by atoms with van der Waals surface area (Å²) in [6.45, 7) is 5.29. The van der Waals surface area contributed by atoms with Crippen LogP contribution < -0.4 is 15.5 Å². The molecule has 7 nitrogen and oxygen atoms in total. The molecule has 2 aromatic carbocycles. The van der Waals surface area contributed by atoms with E-state index in [1.54, 1.807) is 7.05 Å². The number of amides is 1. The van der Waals surface area contributed by atoms with Crippen molar-refractivity contribution in [2.24, 2.45) is 4.99 Å². The second-order valence-electron chi connectivity index (χ2n) is 8.17. The minimum atomic E-state index is 0.227. The van der Waals surface area contributed by atoms with Crippen LogP contribution in [-0.2, 0) is 17.9 Å². The molecule has 3 aromatic rings. The number of benzene rings is 2. The van der Waals surface area contributed by atoms with Crippen LogP contribution in [0.4, 0.5) is 5.69 Å². The van der Waals surface area contributed by atoms with Crippen molar-refractivity contribution < 1.29 is 4.79 Å². The van der Waals surface area contributed by atoms with Crippen LogP contribution in [0.25, 0.3) is 11.0 Å². The Morgan fingerprint density at radius 2 is 1.91 bits per heavy atom. The first kappa shape index (κ1) is 21.9. The van der Waals surface area contributed by atoms with Crippen LogP contribution in [0.5, 0.6) is 0 Å². The van der Waals surface area contributed by atoms with Crippen molar-refractivity contribution in [3.05, 3.63) is 59.9 Å². The van der Waals surface area contributed by atoms with Crippen LogP contribution in [0, 0.1) is 6.92 Å². The molecule has 0 bridgehead atoms. The fraction of sp³-hybridized carbons (Fsp3) is 0.400. The molecule has 0 aliphatic carbocycles. The lowest BCUT2D eigenvalue weighted by molar-refractivity contribution is -0.119. The normalized spacial score (nSPS) is 14.8. The van der Waals surface area contributed by atoms with Crippen LogP contribution >= 0.6 is 0 Å². The molecule has 1 saturated heterocycles. The molecule has 2 N–H and O–H groups in total. The van der Waals surface area contributed by atoms with Crippen LogP contribution in [0.1, 0.15) is 37.1 Å². The number of hydrogen-bond donors (Lipinski definition) is 2. The van der Waals surface area contributed by atoms with E-state index in [1.807, 2.05) is 23.1 Å². The monoisotopic (exact) mass is 432 g/mol. The van der Waals surface area contributed by atoms with Crippen molar-refractivity contribution in [2.45, 2.75) is 45.7 Å². The van der Waals surface area contributed by atoms with Crippen molar-refractivity contribution in [1.29, 1.82) is 0 Å². The lowest BCUT2D eigenvalue weighted by Crippen LogP contribution is -2.37. The number of carbonyl (C=O) groups is 1. The fourth-order valence-corrected chi connectivity index (χ4v) is 4.20. The van der Waals surface area contributed by atoms with E-state index in [1.165, 1.54) is 5.52 Å². The van der Waals surface area contributed by atoms with E-state index in [9.17, 15) is 4.79 Å². The summed E-state index contributed by atoms with van der Waals surface area (Å²) in [5, 5.41) is 6.76. The molecular weight excluding hydrogens is 400 g/mol. The molecule has 0 saturated carbocycles. The Morgan fingerprint density at radius 1 is 1.09 bits per heavy atom. The van der Waals surface area contributed by atoms with Crippen molar-refractivity contribution in [3.63, 3.8) is 0 Å². The van der Waals surface area contributed by atoms with Crippen LogP contribution in [0.15, 0.2) is 53.5 Å². The van der Waals surface area contributed by atoms with Gasteiger partial charge in [-0.05, 0) is 56.0 Å². The number of carbonyl (C=O) groups excluding carboxylic acids is 1. The van der Waals surface area contributed by atoms with E-state index in [0.29, 0.717) is 13.0 Å². The third-order valence-electron chi connectivity index (χ3n) is 5.95. The predicted octanol–water partition coefficient (Wildman–Crippen LogP) is 3.62. The number of nitrogens with one attached hydrogen (secondary N) is 2. The summed E-state index contributed by atoms with van der Waals surface area (Å²) in [5.74, 6) is 2.06. The van der Waals surface area contributed by atoms with Gasteiger partial charge in [0.25, 0.3) is 0 Å². The number of para-hydroxylation sites is 2. The van der Waals surface area contributed by atoms with Gasteiger partial charge in [-0.25, -0.2) is 4.98 Å². The number of hydrogen-bond acceptors (Lipinski definition) is 3. The molecule has 4 rings (SSSR count). The first-order chi connectivity index (χ1) is 15.7. The van der Waals surface area contributed by atoms with Crippen molar-refractivity contribution in [3.8, 4) is 0 Å². The highest BCUT2D eigenvalue weighted by atomic mass is 16.2. The summed E-state index contributed by atoms with van der Waals surface area (Å²) < 4.78 is 2.27. The maximum atomic E-state index is 12.1. The molecule has 1 aliphatic rings. The van der Waals surface area contributed by atoms with E-state index >= 15 is 0 Å². The predicted molar refractivity (Wildman–Crippen MR) is 130 cm³/mol. The van der Waals surface area contributed by atoms with Crippen LogP contribution in [0.2, 0.25) is 0 Å². The number of anilines is 1. The Bertz CT molecular complexity index is 1090. The van der Waals surface area contributed by atoms with E-state index in [0.717, 1.165) is 67.4 Å². The second kappa shape index (κ2) is 10.3. The molecule has 1 amide bonds. The molecule has 1 aromatic heterocycles. The number of imidazole rings is 1. The maximum Gasteiger partial charge on any atom is 0.226 e. The molecule has 168 valence electrons. The second-order valence-corrected chi connectivity index (χ2v) is 8.17. The molecule has 0 atom stereocenters. The molecule has 32 heavy (non-hydrogen) atoms. The van der Waals surface area contributed by atoms with E-state index in [2.05, 4.69) is 62.4 Å². The standard InChI is InChI=1S/C25H32N6O/c1-19-29-22-8-3-4-9-23(22)30(19)17-7-15-27-25(26-2)28-18-20-11-13-21(14-12-20)31-16-6-5-10-24(31)32/h3-4,8-9,11-14H,5-7,10,15-18H2,1-2H3,(H2,26,27,28). The van der Waals surface area contributed by atoms with Crippen molar-refractivity contribution in [2.75, 3.05) is 25.0 Å². The van der Waals surface area contributed by atoms with E-state index in [4.69, 9.17) is 0 Å². The minimum absolute atomic E-state index is 0.227. The Balaban J connectivity index is 1.23. The van der Waals surface area contributed by atoms with Crippen LogP contribution in [-0.4, -0.2) is 41.6 Å². The van der Waals surface area contributed by atoms with Gasteiger partial charge in [-0.2, -0.15) is 0 Å². The smallest absolute Gasteiger partial charge is 0.226 e. The van der Waals surface area contributed by atoms with Crippen molar-refractivity contribution in [1.82, 2.24) is 20.2 Å². The number of aliphatic imine (C=N–C) groups is 1. The van der Waals surface area contributed by atoms with Gasteiger partial charge < -0.3 is 20.1 Å². The van der Waals surface area contributed by atoms with Crippen LogP contribution in [0.3, 0.4) is 0 Å². The SMILES string of the molecule is CN=C(NCCCn1c(C)nc2ccccc21)NCc1ccc(N2CCCCC2=O)cc1. The first-order valence-corrected chi connectivity index (χ1v) is 11.4. The summed E-state index contributed by atoms with van der Waals surface area (Å²) in [6, 6.07) is 16.5. The van der Waals surface area contributed by atoms with Crippen molar-refractivity contribution >= 4 is 28.6 Å². The molecule has 7 heteroatoms. The third kappa shape index (κ3) is 5.10. The number of aryl methyl sites for hydroxylation is 2. The first-order valence-electron chi connectivity index (χ1n) is 11.4. The summed E-state index contributed by atoms with van der Waals surface area (Å²) in [5.41, 5.74) is 4.37. The Kier molecular flexibility index (Phi) is 7.04. The maximum absolute atomic E-state index is 12.1. The minimum Gasteiger partial charge on any atom is -0.356 e. The average Bonchev–Trinajstić information content (AvgIpc) is 3.14. The Hall–Kier alpha value is -3.35. The largest absolute Gasteiger partial charge is 0.356 e. The summed E-state index contributed by atoms with van der Waals surface area (Å²) in [7, 11) is 1.79. The number of aromatic nitrogens is 2. The van der Waals surface area contributed by atoms with Gasteiger partial charge in [-0.15, -0.1) is 0 Å². The Labute approximate surface area is 189 Å². The molecular formula is C25H32N6O. The lowest BCUT2D eigenvalue weighted by Gasteiger charge is -2.26. The van der Waals surface area contributed by atoms with Gasteiger partial charge in [-0.1, -0.05) is 24.3 Å². The zero-order chi connectivity index (χ0) is 22.3. The zero-order valence-corrected chi connectivity index (χ0v) is 19.0. The number of piperidine rings is 1. The van der Waals surface area contributed by atoms with Gasteiger partial charge in [0, 0.05) is 45.3 Å². The Morgan fingerprint density at radius 3 is 2.69 bits per heavy atom. The number of nitrogens with zero attached hydrogens (tertiary/aromatic N) is 4. The number of rotatable bonds is 7. The molecule has 0 radical (unpaired) electrons. The van der Waals surface area contributed by atoms with E-state index in [-0.39, 0.29) is 5.91 Å². The zero-order valence-electron chi connectivity index (χ0n) is 19.0. The number of fused-ring (bicyclic) bond motifs is 1. The average molecular weight is 433 g/mol. The molecule has 1 fully saturated rings. The molecule has 0 unspecified atom stereocenters. The van der Waals surface area contributed by atoms with Gasteiger partial charge >= 0.3 is 0 Å². The summed E-state index contributed by atoms with van der Waals surface area (Å²) >= 11 is 0. The summed E-state index contributed by atoms with van der Waals surface area (Å²) in [4.78, 5) is 23.0. The topological polar surface area (TPSA) is 74.6 Å². The highest BCUT2D eigenvalue weighted by Gasteiger charge is 2.19. The number of guanidine groups is 1. The van der Waals surface area contributed by atoms with Gasteiger partial charge in [0.15, 0.2) is 5.96 Å². The molecule has 1 aliphatic heterocycles. The van der Waals surface area contributed by atoms with Gasteiger partial charge in [0.05, 0.1) is 11.0 Å². The lowest BCUT2D eigenvalue weighted by atomic mass is 10.1. The summed E-state index contributed by atoms with van der Waals surface area (Å²) in [6.07, 6.45) is 3.71. The highest BCUT2D eigenvalue weighted by Crippen LogP contribution is 2.21. The van der Waals surface area contributed by atoms with Gasteiger partial charge in [-0.3, -0.25) is 9.79 Å². The molecule has 2 heterocycles. The quantitative estimate of drug-likeness (QED) is 0.340. The third-order valence-corrected chi connectivity index (χ3v) is 5.95. The van der Waals surface area contributed by atoms with E-state index < -0.39 is 0 Å². The van der Waals surface area contributed by atoms with Gasteiger partial charge in [0.2, 0.25) is 5.91 Å². The fourth-order valence-electron chi connectivity index (χ4n) is 4.20. The van der Waals surface area contributed by atoms with Gasteiger partial charge in [0.1, 0.15) is 5.82 Å².